The lowest BCUT2D eigenvalue weighted by Gasteiger charge is -2.28. The fourth-order valence-corrected chi connectivity index (χ4v) is 2.35. The molecule has 1 aromatic rings. The first-order valence-electron chi connectivity index (χ1n) is 7.33. The molecule has 1 aromatic carbocycles. The molecule has 104 valence electrons. The van der Waals surface area contributed by atoms with Gasteiger partial charge in [-0.1, -0.05) is 13.3 Å². The van der Waals surface area contributed by atoms with E-state index in [1.54, 1.807) is 0 Å². The quantitative estimate of drug-likeness (QED) is 0.598. The first kappa shape index (κ1) is 13.9. The number of carbonyl (C=O) groups excluding carboxylic acids is 1. The van der Waals surface area contributed by atoms with Crippen molar-refractivity contribution in [1.82, 2.24) is 0 Å². The van der Waals surface area contributed by atoms with Gasteiger partial charge in [-0.3, -0.25) is 0 Å². The summed E-state index contributed by atoms with van der Waals surface area (Å²) in [5.41, 5.74) is 1.86. The molecule has 0 aliphatic carbocycles. The topological polar surface area (TPSA) is 29.5 Å². The zero-order valence-electron chi connectivity index (χ0n) is 11.7. The molecule has 1 saturated heterocycles. The van der Waals surface area contributed by atoms with Gasteiger partial charge in [0.1, 0.15) is 0 Å². The van der Waals surface area contributed by atoms with E-state index >= 15 is 0 Å². The van der Waals surface area contributed by atoms with E-state index in [1.165, 1.54) is 24.9 Å². The van der Waals surface area contributed by atoms with Crippen LogP contribution in [0.2, 0.25) is 0 Å². The van der Waals surface area contributed by atoms with E-state index in [0.717, 1.165) is 25.9 Å². The summed E-state index contributed by atoms with van der Waals surface area (Å²) in [7, 11) is 0. The van der Waals surface area contributed by atoms with E-state index in [2.05, 4.69) is 11.8 Å². The third-order valence-electron chi connectivity index (χ3n) is 3.56. The van der Waals surface area contributed by atoms with Crippen LogP contribution in [0.25, 0.3) is 0 Å². The van der Waals surface area contributed by atoms with E-state index < -0.39 is 0 Å². The van der Waals surface area contributed by atoms with Crippen molar-refractivity contribution in [2.45, 2.75) is 39.0 Å². The van der Waals surface area contributed by atoms with Crippen LogP contribution in [-0.4, -0.2) is 25.7 Å². The molecule has 1 fully saturated rings. The largest absolute Gasteiger partial charge is 0.462 e. The number of hydrogen-bond donors (Lipinski definition) is 0. The van der Waals surface area contributed by atoms with Crippen molar-refractivity contribution in [3.63, 3.8) is 0 Å². The van der Waals surface area contributed by atoms with E-state index in [-0.39, 0.29) is 5.97 Å². The number of piperidine rings is 1. The lowest BCUT2D eigenvalue weighted by Crippen LogP contribution is -2.29. The summed E-state index contributed by atoms with van der Waals surface area (Å²) in [5, 5.41) is 0. The van der Waals surface area contributed by atoms with Gasteiger partial charge in [0.15, 0.2) is 0 Å². The smallest absolute Gasteiger partial charge is 0.338 e. The van der Waals surface area contributed by atoms with Crippen LogP contribution in [0, 0.1) is 0 Å². The molecule has 19 heavy (non-hydrogen) atoms. The average Bonchev–Trinajstić information content (AvgIpc) is 2.48. The third-order valence-corrected chi connectivity index (χ3v) is 3.56. The highest BCUT2D eigenvalue weighted by Gasteiger charge is 2.12. The van der Waals surface area contributed by atoms with Gasteiger partial charge in [-0.05, 0) is 49.9 Å². The Labute approximate surface area is 115 Å². The molecule has 1 aliphatic heterocycles. The van der Waals surface area contributed by atoms with Crippen LogP contribution < -0.4 is 4.90 Å². The number of esters is 1. The predicted molar refractivity (Wildman–Crippen MR) is 77.7 cm³/mol. The number of carbonyl (C=O) groups is 1. The van der Waals surface area contributed by atoms with Gasteiger partial charge in [0.25, 0.3) is 0 Å². The van der Waals surface area contributed by atoms with Crippen molar-refractivity contribution < 1.29 is 9.53 Å². The van der Waals surface area contributed by atoms with Crippen LogP contribution in [0.15, 0.2) is 24.3 Å². The van der Waals surface area contributed by atoms with Gasteiger partial charge in [-0.2, -0.15) is 0 Å². The minimum Gasteiger partial charge on any atom is -0.462 e. The third kappa shape index (κ3) is 3.98. The van der Waals surface area contributed by atoms with Gasteiger partial charge in [0.2, 0.25) is 0 Å². The second-order valence-electron chi connectivity index (χ2n) is 5.08. The monoisotopic (exact) mass is 261 g/mol. The Morgan fingerprint density at radius 1 is 1.16 bits per heavy atom. The molecular formula is C16H23NO2. The molecule has 1 aliphatic rings. The van der Waals surface area contributed by atoms with Gasteiger partial charge in [-0.25, -0.2) is 4.79 Å². The van der Waals surface area contributed by atoms with Gasteiger partial charge < -0.3 is 9.64 Å². The highest BCUT2D eigenvalue weighted by Crippen LogP contribution is 2.20. The zero-order valence-corrected chi connectivity index (χ0v) is 11.7. The van der Waals surface area contributed by atoms with E-state index in [4.69, 9.17) is 4.74 Å². The molecule has 0 radical (unpaired) electrons. The Morgan fingerprint density at radius 3 is 2.47 bits per heavy atom. The Kier molecular flexibility index (Phi) is 5.25. The Bertz CT molecular complexity index is 394. The Hall–Kier alpha value is -1.51. The predicted octanol–water partition coefficient (Wildman–Crippen LogP) is 3.63. The fourth-order valence-electron chi connectivity index (χ4n) is 2.35. The van der Waals surface area contributed by atoms with Crippen LogP contribution in [0.1, 0.15) is 49.4 Å². The highest BCUT2D eigenvalue weighted by molar-refractivity contribution is 5.89. The van der Waals surface area contributed by atoms with Crippen molar-refractivity contribution in [1.29, 1.82) is 0 Å². The molecule has 0 amide bonds. The minimum atomic E-state index is -0.210. The van der Waals surface area contributed by atoms with Crippen molar-refractivity contribution >= 4 is 11.7 Å². The minimum absolute atomic E-state index is 0.210. The average molecular weight is 261 g/mol. The second kappa shape index (κ2) is 7.17. The molecule has 0 saturated carbocycles. The van der Waals surface area contributed by atoms with Crippen LogP contribution >= 0.6 is 0 Å². The normalized spacial score (nSPS) is 15.3. The van der Waals surface area contributed by atoms with E-state index in [9.17, 15) is 4.79 Å². The number of unbranched alkanes of at least 4 members (excludes halogenated alkanes) is 1. The second-order valence-corrected chi connectivity index (χ2v) is 5.08. The molecular weight excluding hydrogens is 238 g/mol. The zero-order chi connectivity index (χ0) is 13.5. The molecule has 0 N–H and O–H groups in total. The van der Waals surface area contributed by atoms with Crippen molar-refractivity contribution in [3.8, 4) is 0 Å². The molecule has 0 aromatic heterocycles. The number of hydrogen-bond acceptors (Lipinski definition) is 3. The summed E-state index contributed by atoms with van der Waals surface area (Å²) in [6.45, 7) is 4.85. The highest BCUT2D eigenvalue weighted by atomic mass is 16.5. The summed E-state index contributed by atoms with van der Waals surface area (Å²) in [6, 6.07) is 7.81. The summed E-state index contributed by atoms with van der Waals surface area (Å²) >= 11 is 0. The lowest BCUT2D eigenvalue weighted by atomic mass is 10.1. The standard InChI is InChI=1S/C16H23NO2/c1-2-3-13-19-16(18)14-7-9-15(10-8-14)17-11-5-4-6-12-17/h7-10H,2-6,11-13H2,1H3. The lowest BCUT2D eigenvalue weighted by molar-refractivity contribution is 0.0500. The van der Waals surface area contributed by atoms with E-state index in [0.29, 0.717) is 12.2 Å². The molecule has 0 spiro atoms. The van der Waals surface area contributed by atoms with Gasteiger partial charge >= 0.3 is 5.97 Å². The maximum atomic E-state index is 11.8. The Balaban J connectivity index is 1.91. The maximum Gasteiger partial charge on any atom is 0.338 e. The molecule has 0 atom stereocenters. The van der Waals surface area contributed by atoms with E-state index in [1.807, 2.05) is 24.3 Å². The maximum absolute atomic E-state index is 11.8. The molecule has 3 nitrogen and oxygen atoms in total. The van der Waals surface area contributed by atoms with Crippen LogP contribution in [0.3, 0.4) is 0 Å². The molecule has 0 unspecified atom stereocenters. The van der Waals surface area contributed by atoms with Gasteiger partial charge in [-0.15, -0.1) is 0 Å². The fraction of sp³-hybridized carbons (Fsp3) is 0.562. The Morgan fingerprint density at radius 2 is 1.84 bits per heavy atom. The number of anilines is 1. The summed E-state index contributed by atoms with van der Waals surface area (Å²) in [5.74, 6) is -0.210. The molecule has 1 heterocycles. The number of ether oxygens (including phenoxy) is 1. The first-order valence-corrected chi connectivity index (χ1v) is 7.33. The number of rotatable bonds is 5. The van der Waals surface area contributed by atoms with Gasteiger partial charge in [0, 0.05) is 18.8 Å². The molecule has 2 rings (SSSR count). The van der Waals surface area contributed by atoms with Crippen LogP contribution in [0.4, 0.5) is 5.69 Å². The van der Waals surface area contributed by atoms with Crippen LogP contribution in [0.5, 0.6) is 0 Å². The summed E-state index contributed by atoms with van der Waals surface area (Å²) < 4.78 is 5.20. The van der Waals surface area contributed by atoms with Crippen molar-refractivity contribution in [3.05, 3.63) is 29.8 Å². The van der Waals surface area contributed by atoms with Crippen molar-refractivity contribution in [2.75, 3.05) is 24.6 Å². The SMILES string of the molecule is CCCCOC(=O)c1ccc(N2CCCCC2)cc1. The van der Waals surface area contributed by atoms with Crippen LogP contribution in [-0.2, 0) is 4.74 Å². The molecule has 3 heteroatoms. The summed E-state index contributed by atoms with van der Waals surface area (Å²) in [4.78, 5) is 14.2. The summed E-state index contributed by atoms with van der Waals surface area (Å²) in [6.07, 6.45) is 5.83. The number of benzene rings is 1. The first-order chi connectivity index (χ1) is 9.31. The number of nitrogens with zero attached hydrogens (tertiary/aromatic N) is 1. The molecule has 0 bridgehead atoms. The van der Waals surface area contributed by atoms with Gasteiger partial charge in [0.05, 0.1) is 12.2 Å². The van der Waals surface area contributed by atoms with Crippen molar-refractivity contribution in [2.24, 2.45) is 0 Å².